The topological polar surface area (TPSA) is 32.3 Å². The Morgan fingerprint density at radius 1 is 1.19 bits per heavy atom. The molecule has 1 aliphatic rings. The summed E-state index contributed by atoms with van der Waals surface area (Å²) >= 11 is 0. The SMILES string of the molecule is CCCCN(CCCC)CC(=O)c1ccc2c(c1)CCN2. The van der Waals surface area contributed by atoms with Gasteiger partial charge >= 0.3 is 0 Å². The molecule has 0 aliphatic carbocycles. The molecule has 1 heterocycles. The lowest BCUT2D eigenvalue weighted by atomic mass is 10.0. The average molecular weight is 288 g/mol. The van der Waals surface area contributed by atoms with E-state index in [0.29, 0.717) is 6.54 Å². The van der Waals surface area contributed by atoms with Crippen molar-refractivity contribution in [2.24, 2.45) is 0 Å². The van der Waals surface area contributed by atoms with Crippen LogP contribution in [0.4, 0.5) is 5.69 Å². The Balaban J connectivity index is 1.97. The van der Waals surface area contributed by atoms with Crippen LogP contribution in [0.25, 0.3) is 0 Å². The average Bonchev–Trinajstić information content (AvgIpc) is 2.97. The maximum atomic E-state index is 12.5. The van der Waals surface area contributed by atoms with E-state index >= 15 is 0 Å². The van der Waals surface area contributed by atoms with Crippen molar-refractivity contribution in [1.29, 1.82) is 0 Å². The lowest BCUT2D eigenvalue weighted by Crippen LogP contribution is -2.31. The highest BCUT2D eigenvalue weighted by molar-refractivity contribution is 5.98. The van der Waals surface area contributed by atoms with Gasteiger partial charge in [-0.1, -0.05) is 26.7 Å². The summed E-state index contributed by atoms with van der Waals surface area (Å²) in [7, 11) is 0. The smallest absolute Gasteiger partial charge is 0.176 e. The van der Waals surface area contributed by atoms with Gasteiger partial charge in [0.1, 0.15) is 0 Å². The molecule has 3 heteroatoms. The van der Waals surface area contributed by atoms with Crippen LogP contribution in [0.15, 0.2) is 18.2 Å². The molecule has 0 unspecified atom stereocenters. The van der Waals surface area contributed by atoms with Crippen molar-refractivity contribution in [3.05, 3.63) is 29.3 Å². The summed E-state index contributed by atoms with van der Waals surface area (Å²) in [5.74, 6) is 0.261. The second-order valence-corrected chi connectivity index (χ2v) is 5.96. The Labute approximate surface area is 128 Å². The first kappa shape index (κ1) is 16.0. The summed E-state index contributed by atoms with van der Waals surface area (Å²) in [5.41, 5.74) is 3.35. The van der Waals surface area contributed by atoms with Crippen LogP contribution < -0.4 is 5.32 Å². The van der Waals surface area contributed by atoms with Gasteiger partial charge < -0.3 is 5.32 Å². The maximum Gasteiger partial charge on any atom is 0.176 e. The fourth-order valence-corrected chi connectivity index (χ4v) is 2.81. The molecule has 0 bridgehead atoms. The molecule has 0 saturated heterocycles. The van der Waals surface area contributed by atoms with Crippen LogP contribution >= 0.6 is 0 Å². The predicted molar refractivity (Wildman–Crippen MR) is 89.2 cm³/mol. The van der Waals surface area contributed by atoms with Crippen LogP contribution in [0, 0.1) is 0 Å². The minimum absolute atomic E-state index is 0.261. The monoisotopic (exact) mass is 288 g/mol. The van der Waals surface area contributed by atoms with Gasteiger partial charge in [-0.05, 0) is 56.1 Å². The van der Waals surface area contributed by atoms with Crippen molar-refractivity contribution in [3.63, 3.8) is 0 Å². The Hall–Kier alpha value is -1.35. The number of nitrogens with one attached hydrogen (secondary N) is 1. The molecule has 0 fully saturated rings. The predicted octanol–water partition coefficient (Wildman–Crippen LogP) is 3.74. The minimum Gasteiger partial charge on any atom is -0.384 e. The second kappa shape index (κ2) is 8.18. The molecule has 1 aromatic rings. The molecule has 0 radical (unpaired) electrons. The lowest BCUT2D eigenvalue weighted by Gasteiger charge is -2.21. The number of Topliss-reactive ketones (excluding diaryl/α,β-unsaturated/α-hetero) is 1. The van der Waals surface area contributed by atoms with Gasteiger partial charge in [-0.3, -0.25) is 9.69 Å². The van der Waals surface area contributed by atoms with E-state index in [1.165, 1.54) is 36.9 Å². The Bertz CT molecular complexity index is 462. The van der Waals surface area contributed by atoms with Crippen LogP contribution in [-0.4, -0.2) is 36.9 Å². The van der Waals surface area contributed by atoms with Crippen molar-refractivity contribution in [3.8, 4) is 0 Å². The number of benzene rings is 1. The number of hydrogen-bond acceptors (Lipinski definition) is 3. The third-order valence-corrected chi connectivity index (χ3v) is 4.16. The Kier molecular flexibility index (Phi) is 6.24. The van der Waals surface area contributed by atoms with E-state index in [1.807, 2.05) is 6.07 Å². The Morgan fingerprint density at radius 3 is 2.57 bits per heavy atom. The fourth-order valence-electron chi connectivity index (χ4n) is 2.81. The number of fused-ring (bicyclic) bond motifs is 1. The van der Waals surface area contributed by atoms with Crippen molar-refractivity contribution in [1.82, 2.24) is 4.90 Å². The third kappa shape index (κ3) is 4.57. The van der Waals surface area contributed by atoms with Crippen molar-refractivity contribution < 1.29 is 4.79 Å². The van der Waals surface area contributed by atoms with Crippen molar-refractivity contribution in [2.45, 2.75) is 46.0 Å². The maximum absolute atomic E-state index is 12.5. The molecule has 21 heavy (non-hydrogen) atoms. The van der Waals surface area contributed by atoms with Crippen LogP contribution in [0.1, 0.15) is 55.5 Å². The normalized spacial score (nSPS) is 13.3. The summed E-state index contributed by atoms with van der Waals surface area (Å²) in [6.07, 6.45) is 5.74. The molecular formula is C18H28N2O. The van der Waals surface area contributed by atoms with E-state index < -0.39 is 0 Å². The molecule has 1 N–H and O–H groups in total. The summed E-state index contributed by atoms with van der Waals surface area (Å²) in [5, 5.41) is 3.34. The van der Waals surface area contributed by atoms with E-state index in [1.54, 1.807) is 0 Å². The minimum atomic E-state index is 0.261. The second-order valence-electron chi connectivity index (χ2n) is 5.96. The molecule has 0 aromatic heterocycles. The summed E-state index contributed by atoms with van der Waals surface area (Å²) < 4.78 is 0. The summed E-state index contributed by atoms with van der Waals surface area (Å²) in [6, 6.07) is 6.10. The molecule has 1 aromatic carbocycles. The zero-order chi connectivity index (χ0) is 15.1. The quantitative estimate of drug-likeness (QED) is 0.703. The van der Waals surface area contributed by atoms with Gasteiger partial charge in [0, 0.05) is 17.8 Å². The van der Waals surface area contributed by atoms with Gasteiger partial charge in [-0.2, -0.15) is 0 Å². The van der Waals surface area contributed by atoms with Crippen molar-refractivity contribution in [2.75, 3.05) is 31.5 Å². The molecule has 0 amide bonds. The lowest BCUT2D eigenvalue weighted by molar-refractivity contribution is 0.0928. The molecule has 0 saturated carbocycles. The zero-order valence-corrected chi connectivity index (χ0v) is 13.5. The zero-order valence-electron chi connectivity index (χ0n) is 13.5. The van der Waals surface area contributed by atoms with Gasteiger partial charge in [-0.15, -0.1) is 0 Å². The van der Waals surface area contributed by atoms with E-state index in [4.69, 9.17) is 0 Å². The van der Waals surface area contributed by atoms with Gasteiger partial charge in [0.05, 0.1) is 6.54 Å². The highest BCUT2D eigenvalue weighted by Crippen LogP contribution is 2.23. The van der Waals surface area contributed by atoms with Gasteiger partial charge in [0.25, 0.3) is 0 Å². The number of nitrogens with zero attached hydrogens (tertiary/aromatic N) is 1. The fraction of sp³-hybridized carbons (Fsp3) is 0.611. The molecule has 1 aliphatic heterocycles. The van der Waals surface area contributed by atoms with Gasteiger partial charge in [0.2, 0.25) is 0 Å². The summed E-state index contributed by atoms with van der Waals surface area (Å²) in [6.45, 7) is 8.03. The highest BCUT2D eigenvalue weighted by atomic mass is 16.1. The highest BCUT2D eigenvalue weighted by Gasteiger charge is 2.15. The molecule has 3 nitrogen and oxygen atoms in total. The van der Waals surface area contributed by atoms with Gasteiger partial charge in [-0.25, -0.2) is 0 Å². The van der Waals surface area contributed by atoms with Crippen LogP contribution in [0.5, 0.6) is 0 Å². The first-order valence-electron chi connectivity index (χ1n) is 8.37. The van der Waals surface area contributed by atoms with Crippen LogP contribution in [0.3, 0.4) is 0 Å². The van der Waals surface area contributed by atoms with Crippen LogP contribution in [-0.2, 0) is 6.42 Å². The first-order valence-corrected chi connectivity index (χ1v) is 8.37. The number of hydrogen-bond donors (Lipinski definition) is 1. The molecule has 2 rings (SSSR count). The van der Waals surface area contributed by atoms with E-state index in [9.17, 15) is 4.79 Å². The van der Waals surface area contributed by atoms with Crippen molar-refractivity contribution >= 4 is 11.5 Å². The molecule has 116 valence electrons. The number of ketones is 1. The summed E-state index contributed by atoms with van der Waals surface area (Å²) in [4.78, 5) is 14.8. The number of anilines is 1. The molecular weight excluding hydrogens is 260 g/mol. The number of rotatable bonds is 9. The standard InChI is InChI=1S/C18H28N2O/c1-3-5-11-20(12-6-4-2)14-18(21)16-7-8-17-15(13-16)9-10-19-17/h7-8,13,19H,3-6,9-12,14H2,1-2H3. The third-order valence-electron chi connectivity index (χ3n) is 4.16. The number of carbonyl (C=O) groups excluding carboxylic acids is 1. The molecule has 0 spiro atoms. The Morgan fingerprint density at radius 2 is 1.90 bits per heavy atom. The van der Waals surface area contributed by atoms with Gasteiger partial charge in [0.15, 0.2) is 5.78 Å². The van der Waals surface area contributed by atoms with E-state index in [0.717, 1.165) is 31.6 Å². The number of unbranched alkanes of at least 4 members (excludes halogenated alkanes) is 2. The largest absolute Gasteiger partial charge is 0.384 e. The van der Waals surface area contributed by atoms with E-state index in [2.05, 4.69) is 36.2 Å². The molecule has 0 atom stereocenters. The first-order chi connectivity index (χ1) is 10.2. The van der Waals surface area contributed by atoms with E-state index in [-0.39, 0.29) is 5.78 Å². The number of carbonyl (C=O) groups is 1. The van der Waals surface area contributed by atoms with Crippen LogP contribution in [0.2, 0.25) is 0 Å².